The maximum Gasteiger partial charge on any atom is 0.239 e. The highest BCUT2D eigenvalue weighted by Crippen LogP contribution is 2.02. The summed E-state index contributed by atoms with van der Waals surface area (Å²) >= 11 is 0. The molecule has 1 aromatic heterocycles. The van der Waals surface area contributed by atoms with Crippen molar-refractivity contribution >= 4 is 11.7 Å². The average Bonchev–Trinajstić information content (AvgIpc) is 2.35. The largest absolute Gasteiger partial charge is 0.322 e. The lowest BCUT2D eigenvalue weighted by Gasteiger charge is -1.95. The van der Waals surface area contributed by atoms with Gasteiger partial charge < -0.3 is 11.1 Å². The first-order valence-electron chi connectivity index (χ1n) is 3.24. The number of hydrogen-bond acceptors (Lipinski definition) is 3. The number of carbonyl (C=O) groups excluding carboxylic acids is 1. The first-order valence-corrected chi connectivity index (χ1v) is 3.24. The number of H-pyrrole nitrogens is 1. The lowest BCUT2D eigenvalue weighted by atomic mass is 10.4. The Morgan fingerprint density at radius 1 is 1.91 bits per heavy atom. The lowest BCUT2D eigenvalue weighted by molar-refractivity contribution is -0.114. The van der Waals surface area contributed by atoms with Gasteiger partial charge in [0.25, 0.3) is 0 Å². The molecule has 0 atom stereocenters. The number of amides is 1. The predicted octanol–water partition coefficient (Wildman–Crippen LogP) is -0.385. The van der Waals surface area contributed by atoms with Crippen molar-refractivity contribution in [3.63, 3.8) is 0 Å². The predicted molar refractivity (Wildman–Crippen MR) is 41.0 cm³/mol. The molecular formula is C6H10N4O. The van der Waals surface area contributed by atoms with Crippen LogP contribution in [0.25, 0.3) is 0 Å². The van der Waals surface area contributed by atoms with Crippen LogP contribution in [-0.2, 0) is 4.79 Å². The Morgan fingerprint density at radius 2 is 2.64 bits per heavy atom. The van der Waals surface area contributed by atoms with Crippen LogP contribution in [0.15, 0.2) is 6.07 Å². The summed E-state index contributed by atoms with van der Waals surface area (Å²) in [6.07, 6.45) is 0. The minimum Gasteiger partial charge on any atom is -0.322 e. The molecule has 0 unspecified atom stereocenters. The minimum absolute atomic E-state index is 0.0219. The molecule has 0 aromatic carbocycles. The first-order chi connectivity index (χ1) is 5.22. The number of aromatic nitrogens is 2. The van der Waals surface area contributed by atoms with Crippen molar-refractivity contribution in [2.75, 3.05) is 11.9 Å². The molecule has 11 heavy (non-hydrogen) atoms. The molecule has 0 fully saturated rings. The third-order valence-corrected chi connectivity index (χ3v) is 1.16. The van der Waals surface area contributed by atoms with Gasteiger partial charge in [-0.3, -0.25) is 9.89 Å². The minimum atomic E-state index is -0.239. The van der Waals surface area contributed by atoms with Crippen LogP contribution in [0.1, 0.15) is 5.69 Å². The number of nitrogens with one attached hydrogen (secondary N) is 2. The smallest absolute Gasteiger partial charge is 0.239 e. The molecule has 0 aliphatic rings. The van der Waals surface area contributed by atoms with Crippen LogP contribution in [0.5, 0.6) is 0 Å². The van der Waals surface area contributed by atoms with Gasteiger partial charge >= 0.3 is 0 Å². The highest BCUT2D eigenvalue weighted by atomic mass is 16.1. The van der Waals surface area contributed by atoms with Crippen LogP contribution < -0.4 is 11.1 Å². The van der Waals surface area contributed by atoms with Crippen LogP contribution in [0.3, 0.4) is 0 Å². The van der Waals surface area contributed by atoms with Crippen molar-refractivity contribution in [2.24, 2.45) is 5.73 Å². The molecule has 1 amide bonds. The van der Waals surface area contributed by atoms with Crippen molar-refractivity contribution in [2.45, 2.75) is 6.92 Å². The average molecular weight is 154 g/mol. The van der Waals surface area contributed by atoms with E-state index in [0.29, 0.717) is 5.82 Å². The standard InChI is InChI=1S/C6H10N4O/c1-4-2-5(10-9-4)8-6(11)3-7/h2H,3,7H2,1H3,(H2,8,9,10,11). The zero-order valence-electron chi connectivity index (χ0n) is 6.22. The maximum atomic E-state index is 10.7. The molecule has 1 rings (SSSR count). The number of aromatic amines is 1. The molecule has 5 nitrogen and oxygen atoms in total. The first kappa shape index (κ1) is 7.74. The Morgan fingerprint density at radius 3 is 3.09 bits per heavy atom. The van der Waals surface area contributed by atoms with Gasteiger partial charge in [-0.15, -0.1) is 0 Å². The van der Waals surface area contributed by atoms with E-state index in [-0.39, 0.29) is 12.5 Å². The fourth-order valence-corrected chi connectivity index (χ4v) is 0.676. The monoisotopic (exact) mass is 154 g/mol. The summed E-state index contributed by atoms with van der Waals surface area (Å²) in [6.45, 7) is 1.83. The summed E-state index contributed by atoms with van der Waals surface area (Å²) in [5.74, 6) is 0.273. The summed E-state index contributed by atoms with van der Waals surface area (Å²) < 4.78 is 0. The Kier molecular flexibility index (Phi) is 2.22. The molecule has 0 saturated carbocycles. The Bertz CT molecular complexity index is 255. The zero-order valence-corrected chi connectivity index (χ0v) is 6.22. The van der Waals surface area contributed by atoms with Gasteiger partial charge in [-0.25, -0.2) is 0 Å². The van der Waals surface area contributed by atoms with E-state index in [1.165, 1.54) is 0 Å². The summed E-state index contributed by atoms with van der Waals surface area (Å²) in [4.78, 5) is 10.7. The molecule has 0 aliphatic heterocycles. The van der Waals surface area contributed by atoms with Crippen molar-refractivity contribution in [3.05, 3.63) is 11.8 Å². The second-order valence-corrected chi connectivity index (χ2v) is 2.19. The molecule has 1 heterocycles. The molecule has 0 aliphatic carbocycles. The summed E-state index contributed by atoms with van der Waals surface area (Å²) in [7, 11) is 0. The van der Waals surface area contributed by atoms with Gasteiger partial charge in [0.1, 0.15) is 0 Å². The van der Waals surface area contributed by atoms with E-state index < -0.39 is 0 Å². The maximum absolute atomic E-state index is 10.7. The van der Waals surface area contributed by atoms with E-state index in [2.05, 4.69) is 15.5 Å². The number of aryl methyl sites for hydroxylation is 1. The normalized spacial score (nSPS) is 9.64. The number of nitrogens with zero attached hydrogens (tertiary/aromatic N) is 1. The second-order valence-electron chi connectivity index (χ2n) is 2.19. The molecule has 0 saturated heterocycles. The molecular weight excluding hydrogens is 144 g/mol. The van der Waals surface area contributed by atoms with Gasteiger partial charge in [0, 0.05) is 11.8 Å². The molecule has 4 N–H and O–H groups in total. The summed E-state index contributed by atoms with van der Waals surface area (Å²) in [5.41, 5.74) is 5.98. The second kappa shape index (κ2) is 3.16. The fraction of sp³-hybridized carbons (Fsp3) is 0.333. The molecule has 0 bridgehead atoms. The third kappa shape index (κ3) is 2.05. The Balaban J connectivity index is 2.57. The topological polar surface area (TPSA) is 83.8 Å². The van der Waals surface area contributed by atoms with Crippen molar-refractivity contribution in [1.29, 1.82) is 0 Å². The van der Waals surface area contributed by atoms with Crippen LogP contribution in [0.2, 0.25) is 0 Å². The number of carbonyl (C=O) groups is 1. The number of nitrogens with two attached hydrogens (primary N) is 1. The van der Waals surface area contributed by atoms with E-state index in [1.807, 2.05) is 6.92 Å². The quantitative estimate of drug-likeness (QED) is 0.542. The number of anilines is 1. The Hall–Kier alpha value is -1.36. The highest BCUT2D eigenvalue weighted by Gasteiger charge is 2.00. The van der Waals surface area contributed by atoms with Crippen molar-refractivity contribution in [3.8, 4) is 0 Å². The third-order valence-electron chi connectivity index (χ3n) is 1.16. The summed E-state index contributed by atoms with van der Waals surface area (Å²) in [5, 5.41) is 8.99. The van der Waals surface area contributed by atoms with Crippen molar-refractivity contribution < 1.29 is 4.79 Å². The summed E-state index contributed by atoms with van der Waals surface area (Å²) in [6, 6.07) is 1.73. The van der Waals surface area contributed by atoms with Crippen LogP contribution in [-0.4, -0.2) is 22.6 Å². The van der Waals surface area contributed by atoms with Crippen LogP contribution in [0, 0.1) is 6.92 Å². The molecule has 60 valence electrons. The number of hydrogen-bond donors (Lipinski definition) is 3. The van der Waals surface area contributed by atoms with E-state index in [0.717, 1.165) is 5.69 Å². The SMILES string of the molecule is Cc1cc(NC(=O)CN)n[nH]1. The van der Waals surface area contributed by atoms with Crippen LogP contribution in [0.4, 0.5) is 5.82 Å². The molecule has 0 radical (unpaired) electrons. The van der Waals surface area contributed by atoms with E-state index in [4.69, 9.17) is 5.73 Å². The molecule has 0 spiro atoms. The van der Waals surface area contributed by atoms with Gasteiger partial charge in [-0.05, 0) is 6.92 Å². The number of rotatable bonds is 2. The van der Waals surface area contributed by atoms with Crippen LogP contribution >= 0.6 is 0 Å². The zero-order chi connectivity index (χ0) is 8.27. The van der Waals surface area contributed by atoms with E-state index >= 15 is 0 Å². The fourth-order valence-electron chi connectivity index (χ4n) is 0.676. The lowest BCUT2D eigenvalue weighted by Crippen LogP contribution is -2.21. The molecule has 5 heteroatoms. The van der Waals surface area contributed by atoms with Gasteiger partial charge in [0.2, 0.25) is 5.91 Å². The van der Waals surface area contributed by atoms with Crippen molar-refractivity contribution in [1.82, 2.24) is 10.2 Å². The van der Waals surface area contributed by atoms with Gasteiger partial charge in [-0.1, -0.05) is 0 Å². The molecule has 1 aromatic rings. The highest BCUT2D eigenvalue weighted by molar-refractivity contribution is 5.91. The van der Waals surface area contributed by atoms with Gasteiger partial charge in [-0.2, -0.15) is 5.10 Å². The van der Waals surface area contributed by atoms with E-state index in [1.54, 1.807) is 6.07 Å². The Labute approximate surface area is 64.0 Å². The van der Waals surface area contributed by atoms with E-state index in [9.17, 15) is 4.79 Å². The van der Waals surface area contributed by atoms with Gasteiger partial charge in [0.05, 0.1) is 6.54 Å². The van der Waals surface area contributed by atoms with Gasteiger partial charge in [0.15, 0.2) is 5.82 Å².